The third-order valence-electron chi connectivity index (χ3n) is 3.13. The van der Waals surface area contributed by atoms with E-state index in [0.29, 0.717) is 22.9 Å². The molecule has 4 N–H and O–H groups in total. The van der Waals surface area contributed by atoms with Crippen LogP contribution in [0, 0.1) is 5.82 Å². The SMILES string of the molecule is CN(Cc1cc(N)ccc1Cl)c1cccc(F)c1C(N)=O. The van der Waals surface area contributed by atoms with Crippen LogP contribution in [-0.4, -0.2) is 13.0 Å². The van der Waals surface area contributed by atoms with Crippen molar-refractivity contribution in [2.24, 2.45) is 5.73 Å². The number of carbonyl (C=O) groups excluding carboxylic acids is 1. The Hall–Kier alpha value is -2.27. The molecular weight excluding hydrogens is 293 g/mol. The van der Waals surface area contributed by atoms with Gasteiger partial charge in [0.2, 0.25) is 0 Å². The molecule has 0 heterocycles. The Morgan fingerprint density at radius 2 is 2.05 bits per heavy atom. The number of hydrogen-bond acceptors (Lipinski definition) is 3. The van der Waals surface area contributed by atoms with E-state index in [-0.39, 0.29) is 5.56 Å². The van der Waals surface area contributed by atoms with E-state index in [9.17, 15) is 9.18 Å². The smallest absolute Gasteiger partial charge is 0.253 e. The zero-order chi connectivity index (χ0) is 15.6. The van der Waals surface area contributed by atoms with Gasteiger partial charge in [0.05, 0.1) is 11.3 Å². The normalized spacial score (nSPS) is 10.4. The monoisotopic (exact) mass is 307 g/mol. The van der Waals surface area contributed by atoms with Crippen molar-refractivity contribution in [1.82, 2.24) is 0 Å². The highest BCUT2D eigenvalue weighted by molar-refractivity contribution is 6.31. The van der Waals surface area contributed by atoms with E-state index in [4.69, 9.17) is 23.1 Å². The summed E-state index contributed by atoms with van der Waals surface area (Å²) in [6.07, 6.45) is 0. The van der Waals surface area contributed by atoms with E-state index in [2.05, 4.69) is 0 Å². The van der Waals surface area contributed by atoms with Crippen LogP contribution in [0.2, 0.25) is 5.02 Å². The van der Waals surface area contributed by atoms with Gasteiger partial charge in [0.15, 0.2) is 0 Å². The maximum absolute atomic E-state index is 13.8. The van der Waals surface area contributed by atoms with Crippen molar-refractivity contribution < 1.29 is 9.18 Å². The Morgan fingerprint density at radius 3 is 2.71 bits per heavy atom. The van der Waals surface area contributed by atoms with Gasteiger partial charge in [0.1, 0.15) is 5.82 Å². The van der Waals surface area contributed by atoms with Crippen LogP contribution in [0.5, 0.6) is 0 Å². The molecule has 0 spiro atoms. The number of nitrogens with two attached hydrogens (primary N) is 2. The van der Waals surface area contributed by atoms with Gasteiger partial charge in [-0.25, -0.2) is 4.39 Å². The molecule has 6 heteroatoms. The summed E-state index contributed by atoms with van der Waals surface area (Å²) >= 11 is 6.11. The Balaban J connectivity index is 2.37. The summed E-state index contributed by atoms with van der Waals surface area (Å²) < 4.78 is 13.8. The molecule has 0 bridgehead atoms. The van der Waals surface area contributed by atoms with E-state index < -0.39 is 11.7 Å². The van der Waals surface area contributed by atoms with Gasteiger partial charge in [-0.2, -0.15) is 0 Å². The molecule has 0 aromatic heterocycles. The summed E-state index contributed by atoms with van der Waals surface area (Å²) in [4.78, 5) is 13.1. The van der Waals surface area contributed by atoms with E-state index in [1.807, 2.05) is 0 Å². The van der Waals surface area contributed by atoms with Gasteiger partial charge in [-0.15, -0.1) is 0 Å². The second-order valence-electron chi connectivity index (χ2n) is 4.71. The van der Waals surface area contributed by atoms with Crippen molar-refractivity contribution in [1.29, 1.82) is 0 Å². The van der Waals surface area contributed by atoms with Gasteiger partial charge >= 0.3 is 0 Å². The van der Waals surface area contributed by atoms with Crippen LogP contribution in [0.3, 0.4) is 0 Å². The summed E-state index contributed by atoms with van der Waals surface area (Å²) in [5.74, 6) is -1.46. The maximum atomic E-state index is 13.8. The van der Waals surface area contributed by atoms with Crippen LogP contribution in [-0.2, 0) is 6.54 Å². The predicted molar refractivity (Wildman–Crippen MR) is 82.9 cm³/mol. The fourth-order valence-electron chi connectivity index (χ4n) is 2.13. The number of benzene rings is 2. The third-order valence-corrected chi connectivity index (χ3v) is 3.50. The minimum absolute atomic E-state index is 0.139. The second-order valence-corrected chi connectivity index (χ2v) is 5.11. The summed E-state index contributed by atoms with van der Waals surface area (Å²) in [7, 11) is 1.72. The summed E-state index contributed by atoms with van der Waals surface area (Å²) in [6, 6.07) is 9.48. The predicted octanol–water partition coefficient (Wildman–Crippen LogP) is 2.80. The number of primary amides is 1. The van der Waals surface area contributed by atoms with Crippen molar-refractivity contribution in [3.63, 3.8) is 0 Å². The first-order valence-electron chi connectivity index (χ1n) is 6.23. The van der Waals surface area contributed by atoms with Crippen molar-refractivity contribution >= 4 is 28.9 Å². The molecule has 2 aromatic carbocycles. The van der Waals surface area contributed by atoms with Crippen LogP contribution in [0.1, 0.15) is 15.9 Å². The first-order chi connectivity index (χ1) is 9.90. The molecule has 0 saturated carbocycles. The van der Waals surface area contributed by atoms with Crippen molar-refractivity contribution in [3.05, 3.63) is 58.4 Å². The van der Waals surface area contributed by atoms with Crippen LogP contribution in [0.25, 0.3) is 0 Å². The highest BCUT2D eigenvalue weighted by atomic mass is 35.5. The Morgan fingerprint density at radius 1 is 1.33 bits per heavy atom. The molecule has 0 atom stereocenters. The van der Waals surface area contributed by atoms with E-state index in [0.717, 1.165) is 5.56 Å². The lowest BCUT2D eigenvalue weighted by atomic mass is 10.1. The molecule has 1 amide bonds. The third kappa shape index (κ3) is 3.25. The Kier molecular flexibility index (Phi) is 4.33. The molecule has 110 valence electrons. The molecule has 0 unspecified atom stereocenters. The highest BCUT2D eigenvalue weighted by Gasteiger charge is 2.17. The lowest BCUT2D eigenvalue weighted by Gasteiger charge is -2.22. The Bertz CT molecular complexity index is 691. The summed E-state index contributed by atoms with van der Waals surface area (Å²) in [5, 5.41) is 0.549. The standard InChI is InChI=1S/C15H15ClFN3O/c1-20(8-9-7-10(18)5-6-11(9)16)13-4-2-3-12(17)14(13)15(19)21/h2-7H,8,18H2,1H3,(H2,19,21). The first kappa shape index (κ1) is 15.1. The number of rotatable bonds is 4. The lowest BCUT2D eigenvalue weighted by Crippen LogP contribution is -2.23. The molecule has 2 aromatic rings. The van der Waals surface area contributed by atoms with Gasteiger partial charge in [-0.05, 0) is 35.9 Å². The average Bonchev–Trinajstić information content (AvgIpc) is 2.42. The number of nitrogens with zero attached hydrogens (tertiary/aromatic N) is 1. The fourth-order valence-corrected chi connectivity index (χ4v) is 2.31. The molecule has 0 radical (unpaired) electrons. The van der Waals surface area contributed by atoms with Crippen molar-refractivity contribution in [2.75, 3.05) is 17.7 Å². The maximum Gasteiger partial charge on any atom is 0.253 e. The Labute approximate surface area is 127 Å². The largest absolute Gasteiger partial charge is 0.399 e. The molecule has 0 aliphatic heterocycles. The molecule has 2 rings (SSSR count). The molecule has 0 aliphatic rings. The number of halogens is 2. The molecule has 4 nitrogen and oxygen atoms in total. The van der Waals surface area contributed by atoms with Crippen LogP contribution >= 0.6 is 11.6 Å². The topological polar surface area (TPSA) is 72.3 Å². The molecule has 0 aliphatic carbocycles. The second kappa shape index (κ2) is 6.01. The number of hydrogen-bond donors (Lipinski definition) is 2. The van der Waals surface area contributed by atoms with Gasteiger partial charge in [-0.1, -0.05) is 17.7 Å². The van der Waals surface area contributed by atoms with E-state index in [1.54, 1.807) is 36.2 Å². The van der Waals surface area contributed by atoms with Gasteiger partial charge in [0, 0.05) is 24.3 Å². The van der Waals surface area contributed by atoms with Crippen molar-refractivity contribution in [2.45, 2.75) is 6.54 Å². The number of nitrogen functional groups attached to an aromatic ring is 1. The average molecular weight is 308 g/mol. The summed E-state index contributed by atoms with van der Waals surface area (Å²) in [6.45, 7) is 0.369. The van der Waals surface area contributed by atoms with E-state index >= 15 is 0 Å². The lowest BCUT2D eigenvalue weighted by molar-refractivity contribution is 0.0997. The fraction of sp³-hybridized carbons (Fsp3) is 0.133. The van der Waals surface area contributed by atoms with Gasteiger partial charge in [-0.3, -0.25) is 4.79 Å². The number of anilines is 2. The van der Waals surface area contributed by atoms with Crippen LogP contribution in [0.4, 0.5) is 15.8 Å². The zero-order valence-corrected chi connectivity index (χ0v) is 12.2. The number of amides is 1. The molecule has 0 fully saturated rings. The first-order valence-corrected chi connectivity index (χ1v) is 6.61. The van der Waals surface area contributed by atoms with E-state index in [1.165, 1.54) is 12.1 Å². The van der Waals surface area contributed by atoms with Gasteiger partial charge in [0.25, 0.3) is 5.91 Å². The quantitative estimate of drug-likeness (QED) is 0.853. The number of carbonyl (C=O) groups is 1. The summed E-state index contributed by atoms with van der Waals surface area (Å²) in [5.41, 5.74) is 12.6. The van der Waals surface area contributed by atoms with Crippen molar-refractivity contribution in [3.8, 4) is 0 Å². The zero-order valence-electron chi connectivity index (χ0n) is 11.4. The molecule has 21 heavy (non-hydrogen) atoms. The minimum atomic E-state index is -0.811. The van der Waals surface area contributed by atoms with Crippen LogP contribution in [0.15, 0.2) is 36.4 Å². The van der Waals surface area contributed by atoms with Gasteiger partial charge < -0.3 is 16.4 Å². The molecular formula is C15H15ClFN3O. The molecule has 0 saturated heterocycles. The highest BCUT2D eigenvalue weighted by Crippen LogP contribution is 2.26. The minimum Gasteiger partial charge on any atom is -0.399 e. The van der Waals surface area contributed by atoms with Crippen LogP contribution < -0.4 is 16.4 Å².